The number of carbonyl (C=O) groups is 1. The van der Waals surface area contributed by atoms with Crippen LogP contribution in [0.15, 0.2) is 53.4 Å². The van der Waals surface area contributed by atoms with Crippen molar-refractivity contribution in [1.82, 2.24) is 4.72 Å². The third kappa shape index (κ3) is 4.37. The van der Waals surface area contributed by atoms with Gasteiger partial charge in [-0.15, -0.1) is 0 Å². The topological polar surface area (TPSA) is 75.3 Å². The fraction of sp³-hybridized carbons (Fsp3) is 0.188. The molecule has 122 valence electrons. The molecule has 0 saturated heterocycles. The molecule has 0 aromatic heterocycles. The highest BCUT2D eigenvalue weighted by Crippen LogP contribution is 2.14. The van der Waals surface area contributed by atoms with E-state index < -0.39 is 27.8 Å². The lowest BCUT2D eigenvalue weighted by Gasteiger charge is -2.14. The van der Waals surface area contributed by atoms with E-state index in [1.807, 2.05) is 0 Å². The highest BCUT2D eigenvalue weighted by molar-refractivity contribution is 7.89. The van der Waals surface area contributed by atoms with Gasteiger partial charge in [0, 0.05) is 5.69 Å². The van der Waals surface area contributed by atoms with Crippen molar-refractivity contribution in [1.29, 1.82) is 0 Å². The first-order valence-electron chi connectivity index (χ1n) is 6.94. The maximum absolute atomic E-state index is 13.5. The van der Waals surface area contributed by atoms with Crippen LogP contribution in [0.25, 0.3) is 0 Å². The van der Waals surface area contributed by atoms with Crippen LogP contribution in [0.5, 0.6) is 0 Å². The molecule has 0 saturated carbocycles. The molecule has 0 aliphatic rings. The zero-order valence-electron chi connectivity index (χ0n) is 12.7. The predicted octanol–water partition coefficient (Wildman–Crippen LogP) is 2.44. The Morgan fingerprint density at radius 3 is 2.39 bits per heavy atom. The van der Waals surface area contributed by atoms with Crippen LogP contribution in [0.4, 0.5) is 10.1 Å². The number of benzene rings is 2. The molecule has 0 aliphatic carbocycles. The quantitative estimate of drug-likeness (QED) is 0.880. The molecule has 23 heavy (non-hydrogen) atoms. The van der Waals surface area contributed by atoms with E-state index in [1.54, 1.807) is 31.2 Å². The van der Waals surface area contributed by atoms with Gasteiger partial charge in [-0.25, -0.2) is 12.8 Å². The first kappa shape index (κ1) is 17.1. The molecule has 0 radical (unpaired) electrons. The Kier molecular flexibility index (Phi) is 5.12. The van der Waals surface area contributed by atoms with E-state index >= 15 is 0 Å². The Morgan fingerprint density at radius 1 is 1.13 bits per heavy atom. The minimum Gasteiger partial charge on any atom is -0.325 e. The van der Waals surface area contributed by atoms with Gasteiger partial charge in [0.15, 0.2) is 0 Å². The summed E-state index contributed by atoms with van der Waals surface area (Å²) in [6.07, 6.45) is 0. The number of carbonyl (C=O) groups excluding carboxylic acids is 1. The number of sulfonamides is 1. The van der Waals surface area contributed by atoms with Gasteiger partial charge in [-0.1, -0.05) is 24.3 Å². The van der Waals surface area contributed by atoms with Gasteiger partial charge in [-0.2, -0.15) is 4.72 Å². The van der Waals surface area contributed by atoms with Crippen molar-refractivity contribution >= 4 is 21.6 Å². The number of hydrogen-bond donors (Lipinski definition) is 2. The van der Waals surface area contributed by atoms with Gasteiger partial charge >= 0.3 is 0 Å². The number of halogens is 1. The fourth-order valence-corrected chi connectivity index (χ4v) is 3.10. The Labute approximate surface area is 134 Å². The molecule has 7 heteroatoms. The molecule has 0 spiro atoms. The maximum Gasteiger partial charge on any atom is 0.242 e. The molecule has 0 bridgehead atoms. The number of nitrogens with one attached hydrogen (secondary N) is 2. The minimum atomic E-state index is -3.80. The lowest BCUT2D eigenvalue weighted by Crippen LogP contribution is -2.41. The van der Waals surface area contributed by atoms with Gasteiger partial charge in [0.05, 0.1) is 10.9 Å². The molecule has 0 heterocycles. The van der Waals surface area contributed by atoms with Gasteiger partial charge < -0.3 is 5.32 Å². The van der Waals surface area contributed by atoms with Gasteiger partial charge in [0.2, 0.25) is 15.9 Å². The number of aryl methyl sites for hydroxylation is 1. The van der Waals surface area contributed by atoms with E-state index in [-0.39, 0.29) is 10.6 Å². The lowest BCUT2D eigenvalue weighted by molar-refractivity contribution is -0.117. The standard InChI is InChI=1S/C16H17FN2O3S/c1-11-8-9-13(10-15(11)17)18-16(20)12(2)19-23(21,22)14-6-4-3-5-7-14/h3-10,12,19H,1-2H3,(H,18,20). The van der Waals surface area contributed by atoms with Crippen LogP contribution >= 0.6 is 0 Å². The van der Waals surface area contributed by atoms with E-state index in [4.69, 9.17) is 0 Å². The van der Waals surface area contributed by atoms with Gasteiger partial charge in [0.25, 0.3) is 0 Å². The zero-order chi connectivity index (χ0) is 17.0. The number of amides is 1. The predicted molar refractivity (Wildman–Crippen MR) is 86.0 cm³/mol. The first-order valence-corrected chi connectivity index (χ1v) is 8.42. The average molecular weight is 336 g/mol. The number of rotatable bonds is 5. The SMILES string of the molecule is Cc1ccc(NC(=O)C(C)NS(=O)(=O)c2ccccc2)cc1F. The summed E-state index contributed by atoms with van der Waals surface area (Å²) in [7, 11) is -3.80. The van der Waals surface area contributed by atoms with E-state index in [0.717, 1.165) is 0 Å². The maximum atomic E-state index is 13.5. The summed E-state index contributed by atoms with van der Waals surface area (Å²) in [4.78, 5) is 12.1. The molecule has 1 amide bonds. The molecule has 2 aromatic rings. The van der Waals surface area contributed by atoms with Crippen molar-refractivity contribution in [2.45, 2.75) is 24.8 Å². The fourth-order valence-electron chi connectivity index (χ4n) is 1.88. The molecular weight excluding hydrogens is 319 g/mol. The smallest absolute Gasteiger partial charge is 0.242 e. The van der Waals surface area contributed by atoms with Crippen LogP contribution in [0.1, 0.15) is 12.5 Å². The first-order chi connectivity index (χ1) is 10.8. The van der Waals surface area contributed by atoms with E-state index in [0.29, 0.717) is 5.56 Å². The van der Waals surface area contributed by atoms with Crippen molar-refractivity contribution in [2.75, 3.05) is 5.32 Å². The summed E-state index contributed by atoms with van der Waals surface area (Å²) >= 11 is 0. The molecule has 1 atom stereocenters. The second kappa shape index (κ2) is 6.89. The highest BCUT2D eigenvalue weighted by atomic mass is 32.2. The van der Waals surface area contributed by atoms with Crippen LogP contribution in [0, 0.1) is 12.7 Å². The van der Waals surface area contributed by atoms with Crippen molar-refractivity contribution < 1.29 is 17.6 Å². The molecule has 0 aliphatic heterocycles. The van der Waals surface area contributed by atoms with E-state index in [1.165, 1.54) is 31.2 Å². The van der Waals surface area contributed by atoms with Crippen LogP contribution in [-0.4, -0.2) is 20.4 Å². The van der Waals surface area contributed by atoms with Crippen LogP contribution in [0.3, 0.4) is 0 Å². The summed E-state index contributed by atoms with van der Waals surface area (Å²) in [6, 6.07) is 11.0. The van der Waals surface area contributed by atoms with Crippen LogP contribution in [0.2, 0.25) is 0 Å². The largest absolute Gasteiger partial charge is 0.325 e. The Hall–Kier alpha value is -2.25. The molecule has 5 nitrogen and oxygen atoms in total. The van der Waals surface area contributed by atoms with Gasteiger partial charge in [-0.05, 0) is 43.7 Å². The third-order valence-corrected chi connectivity index (χ3v) is 4.77. The molecule has 2 aromatic carbocycles. The Morgan fingerprint density at radius 2 is 1.78 bits per heavy atom. The monoisotopic (exact) mass is 336 g/mol. The molecule has 2 rings (SSSR count). The van der Waals surface area contributed by atoms with Crippen molar-refractivity contribution in [3.63, 3.8) is 0 Å². The van der Waals surface area contributed by atoms with Crippen molar-refractivity contribution in [3.8, 4) is 0 Å². The third-order valence-electron chi connectivity index (χ3n) is 3.22. The summed E-state index contributed by atoms with van der Waals surface area (Å²) in [5.74, 6) is -1.02. The number of hydrogen-bond acceptors (Lipinski definition) is 3. The van der Waals surface area contributed by atoms with E-state index in [9.17, 15) is 17.6 Å². The minimum absolute atomic E-state index is 0.0704. The highest BCUT2D eigenvalue weighted by Gasteiger charge is 2.22. The second-order valence-electron chi connectivity index (χ2n) is 5.11. The molecule has 2 N–H and O–H groups in total. The molecule has 1 unspecified atom stereocenters. The Bertz CT molecular complexity index is 807. The summed E-state index contributed by atoms with van der Waals surface area (Å²) in [5, 5.41) is 2.48. The average Bonchev–Trinajstić information content (AvgIpc) is 2.51. The second-order valence-corrected chi connectivity index (χ2v) is 6.82. The molecule has 0 fully saturated rings. The lowest BCUT2D eigenvalue weighted by atomic mass is 10.2. The van der Waals surface area contributed by atoms with Crippen molar-refractivity contribution in [3.05, 3.63) is 59.9 Å². The number of anilines is 1. The van der Waals surface area contributed by atoms with E-state index in [2.05, 4.69) is 10.0 Å². The Balaban J connectivity index is 2.06. The normalized spacial score (nSPS) is 12.7. The van der Waals surface area contributed by atoms with Crippen LogP contribution < -0.4 is 10.0 Å². The van der Waals surface area contributed by atoms with Crippen LogP contribution in [-0.2, 0) is 14.8 Å². The molecular formula is C16H17FN2O3S. The van der Waals surface area contributed by atoms with Crippen molar-refractivity contribution in [2.24, 2.45) is 0 Å². The van der Waals surface area contributed by atoms with Gasteiger partial charge in [-0.3, -0.25) is 4.79 Å². The zero-order valence-corrected chi connectivity index (χ0v) is 13.5. The summed E-state index contributed by atoms with van der Waals surface area (Å²) < 4.78 is 40.0. The summed E-state index contributed by atoms with van der Waals surface area (Å²) in [6.45, 7) is 3.03. The summed E-state index contributed by atoms with van der Waals surface area (Å²) in [5.41, 5.74) is 0.727. The van der Waals surface area contributed by atoms with Gasteiger partial charge in [0.1, 0.15) is 5.82 Å².